The molecule has 1 aromatic carbocycles. The fourth-order valence-electron chi connectivity index (χ4n) is 2.94. The number of ether oxygens (including phenoxy) is 1. The van der Waals surface area contributed by atoms with Crippen molar-refractivity contribution in [2.45, 2.75) is 19.0 Å². The Morgan fingerprint density at radius 1 is 1.38 bits per heavy atom. The highest BCUT2D eigenvalue weighted by Gasteiger charge is 2.29. The van der Waals surface area contributed by atoms with E-state index in [4.69, 9.17) is 22.1 Å². The number of nitrogen functional groups attached to an aromatic ring is 1. The van der Waals surface area contributed by atoms with Gasteiger partial charge in [0.25, 0.3) is 5.91 Å². The average Bonchev–Trinajstić information content (AvgIpc) is 3.11. The van der Waals surface area contributed by atoms with E-state index >= 15 is 0 Å². The molecule has 0 radical (unpaired) electrons. The Morgan fingerprint density at radius 3 is 2.88 bits per heavy atom. The number of amides is 1. The van der Waals surface area contributed by atoms with Crippen molar-refractivity contribution >= 4 is 23.3 Å². The number of rotatable bonds is 6. The highest BCUT2D eigenvalue weighted by Crippen LogP contribution is 2.18. The molecule has 1 aromatic heterocycles. The van der Waals surface area contributed by atoms with Crippen LogP contribution in [-0.2, 0) is 11.3 Å². The van der Waals surface area contributed by atoms with Crippen LogP contribution < -0.4 is 10.5 Å². The van der Waals surface area contributed by atoms with Crippen molar-refractivity contribution in [1.29, 1.82) is 0 Å². The van der Waals surface area contributed by atoms with Crippen LogP contribution in [0.2, 0.25) is 5.02 Å². The number of nitrogens with zero attached hydrogens (tertiary/aromatic N) is 4. The predicted molar refractivity (Wildman–Crippen MR) is 99.8 cm³/mol. The Bertz CT molecular complexity index is 756. The molecule has 0 spiro atoms. The summed E-state index contributed by atoms with van der Waals surface area (Å²) in [5, 5.41) is 0.637. The first-order valence-electron chi connectivity index (χ1n) is 8.45. The highest BCUT2D eigenvalue weighted by molar-refractivity contribution is 6.30. The zero-order valence-corrected chi connectivity index (χ0v) is 15.4. The summed E-state index contributed by atoms with van der Waals surface area (Å²) < 4.78 is 5.54. The molecular formula is C18H22ClN5O2. The number of likely N-dealkylation sites (tertiary alicyclic amines) is 1. The van der Waals surface area contributed by atoms with E-state index in [-0.39, 0.29) is 18.6 Å². The lowest BCUT2D eigenvalue weighted by molar-refractivity contribution is -0.132. The molecule has 1 aliphatic rings. The molecule has 1 saturated heterocycles. The van der Waals surface area contributed by atoms with E-state index in [1.165, 1.54) is 0 Å². The van der Waals surface area contributed by atoms with Crippen molar-refractivity contribution in [2.75, 3.05) is 32.5 Å². The van der Waals surface area contributed by atoms with Crippen molar-refractivity contribution < 1.29 is 9.53 Å². The van der Waals surface area contributed by atoms with Crippen molar-refractivity contribution in [3.63, 3.8) is 0 Å². The van der Waals surface area contributed by atoms with Crippen LogP contribution in [0.5, 0.6) is 5.75 Å². The van der Waals surface area contributed by atoms with Gasteiger partial charge in [0.05, 0.1) is 6.54 Å². The van der Waals surface area contributed by atoms with E-state index in [1.807, 2.05) is 11.9 Å². The van der Waals surface area contributed by atoms with E-state index in [9.17, 15) is 4.79 Å². The van der Waals surface area contributed by atoms with Crippen molar-refractivity contribution in [2.24, 2.45) is 0 Å². The maximum Gasteiger partial charge on any atom is 0.260 e. The lowest BCUT2D eigenvalue weighted by Crippen LogP contribution is -2.38. The van der Waals surface area contributed by atoms with Gasteiger partial charge in [-0.25, -0.2) is 9.97 Å². The number of aromatic nitrogens is 2. The number of likely N-dealkylation sites (N-methyl/N-ethyl adjacent to an activating group) is 1. The lowest BCUT2D eigenvalue weighted by atomic mass is 10.2. The summed E-state index contributed by atoms with van der Waals surface area (Å²) in [6.07, 6.45) is 2.57. The molecule has 8 heteroatoms. The van der Waals surface area contributed by atoms with Gasteiger partial charge < -0.3 is 15.4 Å². The minimum atomic E-state index is -0.0175. The van der Waals surface area contributed by atoms with Gasteiger partial charge in [0.1, 0.15) is 17.4 Å². The van der Waals surface area contributed by atoms with E-state index in [0.29, 0.717) is 35.5 Å². The van der Waals surface area contributed by atoms with Gasteiger partial charge in [-0.05, 0) is 43.8 Å². The minimum Gasteiger partial charge on any atom is -0.484 e. The second-order valence-corrected chi connectivity index (χ2v) is 6.77. The summed E-state index contributed by atoms with van der Waals surface area (Å²) in [6, 6.07) is 8.91. The van der Waals surface area contributed by atoms with Gasteiger partial charge in [0.2, 0.25) is 0 Å². The molecule has 0 saturated carbocycles. The lowest BCUT2D eigenvalue weighted by Gasteiger charge is -2.24. The molecule has 1 amide bonds. The van der Waals surface area contributed by atoms with Crippen LogP contribution in [0.3, 0.4) is 0 Å². The van der Waals surface area contributed by atoms with E-state index in [1.54, 1.807) is 36.5 Å². The topological polar surface area (TPSA) is 84.6 Å². The molecule has 2 N–H and O–H groups in total. The monoisotopic (exact) mass is 375 g/mol. The minimum absolute atomic E-state index is 0.0175. The summed E-state index contributed by atoms with van der Waals surface area (Å²) in [5.41, 5.74) is 5.70. The van der Waals surface area contributed by atoms with Crippen LogP contribution >= 0.6 is 11.6 Å². The molecule has 0 unspecified atom stereocenters. The van der Waals surface area contributed by atoms with Crippen LogP contribution in [0.15, 0.2) is 36.5 Å². The quantitative estimate of drug-likeness (QED) is 0.829. The number of hydrogen-bond acceptors (Lipinski definition) is 6. The molecule has 2 heterocycles. The number of benzene rings is 1. The SMILES string of the molecule is CN(Cc1nccc(N)n1)[C@H]1CCN(C(=O)COc2ccc(Cl)cc2)C1. The largest absolute Gasteiger partial charge is 0.484 e. The number of carbonyl (C=O) groups is 1. The Kier molecular flexibility index (Phi) is 5.90. The van der Waals surface area contributed by atoms with Crippen LogP contribution in [0, 0.1) is 0 Å². The Balaban J connectivity index is 1.47. The van der Waals surface area contributed by atoms with Gasteiger partial charge in [-0.1, -0.05) is 11.6 Å². The van der Waals surface area contributed by atoms with Crippen molar-refractivity contribution in [1.82, 2.24) is 19.8 Å². The molecule has 0 aliphatic carbocycles. The predicted octanol–water partition coefficient (Wildman–Crippen LogP) is 1.82. The van der Waals surface area contributed by atoms with Gasteiger partial charge in [-0.3, -0.25) is 9.69 Å². The Hall–Kier alpha value is -2.38. The molecule has 1 aliphatic heterocycles. The highest BCUT2D eigenvalue weighted by atomic mass is 35.5. The van der Waals surface area contributed by atoms with E-state index in [2.05, 4.69) is 14.9 Å². The van der Waals surface area contributed by atoms with Crippen LogP contribution in [0.1, 0.15) is 12.2 Å². The zero-order chi connectivity index (χ0) is 18.5. The molecule has 26 heavy (non-hydrogen) atoms. The van der Waals surface area contributed by atoms with Crippen LogP contribution in [-0.4, -0.2) is 58.5 Å². The second-order valence-electron chi connectivity index (χ2n) is 6.34. The van der Waals surface area contributed by atoms with Gasteiger partial charge in [0, 0.05) is 30.4 Å². The van der Waals surface area contributed by atoms with Gasteiger partial charge in [0.15, 0.2) is 6.61 Å². The third-order valence-electron chi connectivity index (χ3n) is 4.43. The molecule has 1 fully saturated rings. The normalized spacial score (nSPS) is 16.9. The van der Waals surface area contributed by atoms with Crippen molar-refractivity contribution in [3.05, 3.63) is 47.4 Å². The first-order chi connectivity index (χ1) is 12.5. The second kappa shape index (κ2) is 8.33. The summed E-state index contributed by atoms with van der Waals surface area (Å²) >= 11 is 5.84. The van der Waals surface area contributed by atoms with Gasteiger partial charge >= 0.3 is 0 Å². The number of hydrogen-bond donors (Lipinski definition) is 1. The van der Waals surface area contributed by atoms with Crippen molar-refractivity contribution in [3.8, 4) is 5.75 Å². The molecule has 0 bridgehead atoms. The standard InChI is InChI=1S/C18H22ClN5O2/c1-23(11-17-21-8-6-16(20)22-17)14-7-9-24(10-14)18(25)12-26-15-4-2-13(19)3-5-15/h2-6,8,14H,7,9-12H2,1H3,(H2,20,21,22)/t14-/m0/s1. The molecular weight excluding hydrogens is 354 g/mol. The number of nitrogens with two attached hydrogens (primary N) is 1. The molecule has 3 rings (SSSR count). The third kappa shape index (κ3) is 4.83. The van der Waals surface area contributed by atoms with Gasteiger partial charge in [-0.2, -0.15) is 0 Å². The first kappa shape index (κ1) is 18.4. The average molecular weight is 376 g/mol. The van der Waals surface area contributed by atoms with E-state index in [0.717, 1.165) is 13.0 Å². The third-order valence-corrected chi connectivity index (χ3v) is 4.69. The van der Waals surface area contributed by atoms with Crippen LogP contribution in [0.4, 0.5) is 5.82 Å². The Labute approximate surface area is 157 Å². The molecule has 7 nitrogen and oxygen atoms in total. The number of halogens is 1. The summed E-state index contributed by atoms with van der Waals surface area (Å²) in [4.78, 5) is 24.8. The maximum atomic E-state index is 12.4. The summed E-state index contributed by atoms with van der Waals surface area (Å²) in [5.74, 6) is 1.76. The molecule has 138 valence electrons. The molecule has 2 aromatic rings. The maximum absolute atomic E-state index is 12.4. The van der Waals surface area contributed by atoms with Crippen LogP contribution in [0.25, 0.3) is 0 Å². The fraction of sp³-hybridized carbons (Fsp3) is 0.389. The Morgan fingerprint density at radius 2 is 2.15 bits per heavy atom. The number of anilines is 1. The van der Waals surface area contributed by atoms with Gasteiger partial charge in [-0.15, -0.1) is 0 Å². The summed E-state index contributed by atoms with van der Waals surface area (Å²) in [6.45, 7) is 2.01. The zero-order valence-electron chi connectivity index (χ0n) is 14.6. The molecule has 1 atom stereocenters. The smallest absolute Gasteiger partial charge is 0.260 e. The fourth-order valence-corrected chi connectivity index (χ4v) is 3.06. The summed E-state index contributed by atoms with van der Waals surface area (Å²) in [7, 11) is 2.01. The first-order valence-corrected chi connectivity index (χ1v) is 8.83. The number of carbonyl (C=O) groups excluding carboxylic acids is 1. The van der Waals surface area contributed by atoms with E-state index < -0.39 is 0 Å².